The van der Waals surface area contributed by atoms with Crippen LogP contribution in [0, 0.1) is 11.2 Å². The summed E-state index contributed by atoms with van der Waals surface area (Å²) < 4.78 is 12.9. The Morgan fingerprint density at radius 2 is 1.83 bits per heavy atom. The number of aliphatic hydroxyl groups excluding tert-OH is 1. The molecule has 0 bridgehead atoms. The Bertz CT molecular complexity index is 475. The fraction of sp³-hybridized carbons (Fsp3) is 0.700. The third-order valence-electron chi connectivity index (χ3n) is 4.77. The number of nitrogens with zero attached hydrogens (tertiary/aromatic N) is 1. The van der Waals surface area contributed by atoms with Crippen molar-refractivity contribution in [2.24, 2.45) is 5.41 Å². The highest BCUT2D eigenvalue weighted by Gasteiger charge is 2.24. The first-order valence-corrected chi connectivity index (χ1v) is 9.19. The van der Waals surface area contributed by atoms with E-state index in [9.17, 15) is 9.50 Å². The zero-order valence-corrected chi connectivity index (χ0v) is 15.4. The Morgan fingerprint density at radius 1 is 1.21 bits per heavy atom. The van der Waals surface area contributed by atoms with Crippen molar-refractivity contribution in [2.75, 3.05) is 26.2 Å². The third kappa shape index (κ3) is 6.88. The van der Waals surface area contributed by atoms with Crippen molar-refractivity contribution in [3.05, 3.63) is 35.6 Å². The van der Waals surface area contributed by atoms with E-state index in [1.165, 1.54) is 17.7 Å². The van der Waals surface area contributed by atoms with Crippen LogP contribution in [0.25, 0.3) is 0 Å². The van der Waals surface area contributed by atoms with Crippen LogP contribution < -0.4 is 5.32 Å². The van der Waals surface area contributed by atoms with Crippen LogP contribution in [0.2, 0.25) is 0 Å². The van der Waals surface area contributed by atoms with Gasteiger partial charge >= 0.3 is 0 Å². The van der Waals surface area contributed by atoms with Gasteiger partial charge in [-0.2, -0.15) is 0 Å². The quantitative estimate of drug-likeness (QED) is 0.802. The summed E-state index contributed by atoms with van der Waals surface area (Å²) in [5.41, 5.74) is 1.43. The summed E-state index contributed by atoms with van der Waals surface area (Å²) >= 11 is 0. The normalized spacial score (nSPS) is 18.7. The van der Waals surface area contributed by atoms with Gasteiger partial charge in [0.2, 0.25) is 0 Å². The predicted molar refractivity (Wildman–Crippen MR) is 97.6 cm³/mol. The van der Waals surface area contributed by atoms with Gasteiger partial charge in [0, 0.05) is 18.6 Å². The Hall–Kier alpha value is -0.970. The number of hydrogen-bond donors (Lipinski definition) is 2. The number of piperidine rings is 1. The van der Waals surface area contributed by atoms with E-state index in [-0.39, 0.29) is 23.9 Å². The molecule has 1 atom stereocenters. The molecular weight excluding hydrogens is 303 g/mol. The lowest BCUT2D eigenvalue weighted by molar-refractivity contribution is 0.153. The number of halogens is 1. The molecule has 1 heterocycles. The molecule has 2 rings (SSSR count). The van der Waals surface area contributed by atoms with Crippen molar-refractivity contribution in [2.45, 2.75) is 58.5 Å². The molecule has 1 fully saturated rings. The van der Waals surface area contributed by atoms with Gasteiger partial charge in [-0.05, 0) is 61.9 Å². The number of nitrogens with one attached hydrogen (secondary N) is 1. The Labute approximate surface area is 146 Å². The highest BCUT2D eigenvalue weighted by Crippen LogP contribution is 2.22. The second kappa shape index (κ2) is 8.93. The highest BCUT2D eigenvalue weighted by atomic mass is 19.1. The van der Waals surface area contributed by atoms with Crippen LogP contribution >= 0.6 is 0 Å². The lowest BCUT2D eigenvalue weighted by Crippen LogP contribution is -2.48. The van der Waals surface area contributed by atoms with Gasteiger partial charge < -0.3 is 15.3 Å². The van der Waals surface area contributed by atoms with E-state index >= 15 is 0 Å². The van der Waals surface area contributed by atoms with E-state index < -0.39 is 0 Å². The molecule has 1 aromatic rings. The van der Waals surface area contributed by atoms with E-state index in [2.05, 4.69) is 31.0 Å². The maximum atomic E-state index is 12.9. The molecule has 0 aliphatic carbocycles. The molecule has 1 aromatic carbocycles. The second-order valence-electron chi connectivity index (χ2n) is 8.30. The maximum Gasteiger partial charge on any atom is 0.123 e. The molecule has 2 N–H and O–H groups in total. The molecule has 0 amide bonds. The standard InChI is InChI=1S/C20H33FN2O/c1-20(2,3)14-19(15-24)22-18-9-12-23(13-10-18)11-8-16-4-6-17(21)7-5-16/h4-7,18-19,22,24H,8-15H2,1-3H3. The van der Waals surface area contributed by atoms with Crippen molar-refractivity contribution >= 4 is 0 Å². The van der Waals surface area contributed by atoms with Crippen LogP contribution in [-0.4, -0.2) is 48.3 Å². The summed E-state index contributed by atoms with van der Waals surface area (Å²) in [6.45, 7) is 10.1. The number of rotatable bonds is 7. The van der Waals surface area contributed by atoms with Gasteiger partial charge in [0.1, 0.15) is 5.82 Å². The third-order valence-corrected chi connectivity index (χ3v) is 4.77. The summed E-state index contributed by atoms with van der Waals surface area (Å²) in [7, 11) is 0. The smallest absolute Gasteiger partial charge is 0.123 e. The summed E-state index contributed by atoms with van der Waals surface area (Å²) in [4.78, 5) is 2.49. The number of likely N-dealkylation sites (tertiary alicyclic amines) is 1. The Kier molecular flexibility index (Phi) is 7.20. The lowest BCUT2D eigenvalue weighted by Gasteiger charge is -2.35. The van der Waals surface area contributed by atoms with Crippen LogP contribution in [0.1, 0.15) is 45.6 Å². The number of hydrogen-bond acceptors (Lipinski definition) is 3. The first kappa shape index (κ1) is 19.4. The molecule has 1 unspecified atom stereocenters. The SMILES string of the molecule is CC(C)(C)CC(CO)NC1CCN(CCc2ccc(F)cc2)CC1. The lowest BCUT2D eigenvalue weighted by atomic mass is 9.87. The summed E-state index contributed by atoms with van der Waals surface area (Å²) in [6.07, 6.45) is 4.23. The zero-order valence-electron chi connectivity index (χ0n) is 15.4. The monoisotopic (exact) mass is 336 g/mol. The highest BCUT2D eigenvalue weighted by molar-refractivity contribution is 5.16. The van der Waals surface area contributed by atoms with Crippen LogP contribution in [0.15, 0.2) is 24.3 Å². The molecule has 0 spiro atoms. The second-order valence-corrected chi connectivity index (χ2v) is 8.30. The summed E-state index contributed by atoms with van der Waals surface area (Å²) in [5, 5.41) is 13.2. The molecule has 0 radical (unpaired) electrons. The zero-order chi connectivity index (χ0) is 17.6. The minimum Gasteiger partial charge on any atom is -0.395 e. The molecular formula is C20H33FN2O. The van der Waals surface area contributed by atoms with Gasteiger partial charge in [0.25, 0.3) is 0 Å². The Balaban J connectivity index is 1.70. The molecule has 136 valence electrons. The molecule has 1 aliphatic heterocycles. The first-order chi connectivity index (χ1) is 11.4. The van der Waals surface area contributed by atoms with Gasteiger partial charge in [0.05, 0.1) is 6.61 Å². The van der Waals surface area contributed by atoms with Crippen LogP contribution in [0.5, 0.6) is 0 Å². The van der Waals surface area contributed by atoms with E-state index in [1.807, 2.05) is 12.1 Å². The first-order valence-electron chi connectivity index (χ1n) is 9.19. The van der Waals surface area contributed by atoms with E-state index in [0.717, 1.165) is 45.3 Å². The van der Waals surface area contributed by atoms with Crippen molar-refractivity contribution in [1.82, 2.24) is 10.2 Å². The number of aliphatic hydroxyl groups is 1. The molecule has 1 saturated heterocycles. The molecule has 0 saturated carbocycles. The van der Waals surface area contributed by atoms with Gasteiger partial charge in [-0.15, -0.1) is 0 Å². The average Bonchev–Trinajstić information content (AvgIpc) is 2.54. The van der Waals surface area contributed by atoms with Crippen molar-refractivity contribution < 1.29 is 9.50 Å². The van der Waals surface area contributed by atoms with Crippen molar-refractivity contribution in [3.8, 4) is 0 Å². The maximum absolute atomic E-state index is 12.9. The predicted octanol–water partition coefficient (Wildman–Crippen LogP) is 3.22. The van der Waals surface area contributed by atoms with Crippen molar-refractivity contribution in [3.63, 3.8) is 0 Å². The van der Waals surface area contributed by atoms with Crippen LogP contribution in [0.4, 0.5) is 4.39 Å². The van der Waals surface area contributed by atoms with E-state index in [4.69, 9.17) is 0 Å². The van der Waals surface area contributed by atoms with E-state index in [0.29, 0.717) is 6.04 Å². The van der Waals surface area contributed by atoms with Gasteiger partial charge in [0.15, 0.2) is 0 Å². The molecule has 3 nitrogen and oxygen atoms in total. The Morgan fingerprint density at radius 3 is 2.38 bits per heavy atom. The largest absolute Gasteiger partial charge is 0.395 e. The van der Waals surface area contributed by atoms with Crippen molar-refractivity contribution in [1.29, 1.82) is 0 Å². The molecule has 24 heavy (non-hydrogen) atoms. The fourth-order valence-electron chi connectivity index (χ4n) is 3.51. The summed E-state index contributed by atoms with van der Waals surface area (Å²) in [5.74, 6) is -0.167. The van der Waals surface area contributed by atoms with Crippen LogP contribution in [-0.2, 0) is 6.42 Å². The summed E-state index contributed by atoms with van der Waals surface area (Å²) in [6, 6.07) is 7.53. The van der Waals surface area contributed by atoms with Gasteiger partial charge in [-0.1, -0.05) is 32.9 Å². The number of benzene rings is 1. The van der Waals surface area contributed by atoms with Gasteiger partial charge in [-0.25, -0.2) is 4.39 Å². The van der Waals surface area contributed by atoms with E-state index in [1.54, 1.807) is 0 Å². The fourth-order valence-corrected chi connectivity index (χ4v) is 3.51. The minimum absolute atomic E-state index is 0.167. The molecule has 1 aliphatic rings. The van der Waals surface area contributed by atoms with Crippen LogP contribution in [0.3, 0.4) is 0 Å². The molecule has 4 heteroatoms. The molecule has 0 aromatic heterocycles. The minimum atomic E-state index is -0.167. The average molecular weight is 336 g/mol. The topological polar surface area (TPSA) is 35.5 Å². The van der Waals surface area contributed by atoms with Gasteiger partial charge in [-0.3, -0.25) is 0 Å².